The molecule has 0 atom stereocenters. The fourth-order valence-electron chi connectivity index (χ4n) is 2.64. The quantitative estimate of drug-likeness (QED) is 0.593. The summed E-state index contributed by atoms with van der Waals surface area (Å²) in [5.74, 6) is -0.000675. The molecule has 0 bridgehead atoms. The van der Waals surface area contributed by atoms with Gasteiger partial charge >= 0.3 is 0 Å². The van der Waals surface area contributed by atoms with Crippen LogP contribution in [0.15, 0.2) is 48.5 Å². The Morgan fingerprint density at radius 1 is 1.23 bits per heavy atom. The van der Waals surface area contributed by atoms with Crippen molar-refractivity contribution >= 4 is 44.7 Å². The number of nitrogens with zero attached hydrogens (tertiary/aromatic N) is 3. The molecule has 4 nitrogen and oxygen atoms in total. The molecule has 5 heteroatoms. The van der Waals surface area contributed by atoms with Crippen molar-refractivity contribution in [3.8, 4) is 6.07 Å². The maximum atomic E-state index is 12.2. The minimum absolute atomic E-state index is 0.000675. The fourth-order valence-corrected chi connectivity index (χ4v) is 3.67. The van der Waals surface area contributed by atoms with Crippen LogP contribution in [0.25, 0.3) is 21.9 Å². The zero-order chi connectivity index (χ0) is 18.5. The van der Waals surface area contributed by atoms with E-state index in [0.717, 1.165) is 26.5 Å². The van der Waals surface area contributed by atoms with Gasteiger partial charge < -0.3 is 4.90 Å². The summed E-state index contributed by atoms with van der Waals surface area (Å²) in [6.45, 7) is 2.26. The molecule has 3 aromatic rings. The molecular weight excluding hydrogens is 342 g/mol. The molecule has 0 saturated carbocycles. The molecular formula is C21H19N3OS. The van der Waals surface area contributed by atoms with Crippen LogP contribution in [0, 0.1) is 11.3 Å². The Morgan fingerprint density at radius 2 is 1.96 bits per heavy atom. The SMILES string of the molecule is CC(=O)C(=Cc1ccc(N(C)CCC#N)cc1)c1nc2ccccc2s1. The Labute approximate surface area is 157 Å². The van der Waals surface area contributed by atoms with Crippen LogP contribution >= 0.6 is 11.3 Å². The lowest BCUT2D eigenvalue weighted by Gasteiger charge is -2.17. The molecule has 130 valence electrons. The van der Waals surface area contributed by atoms with Gasteiger partial charge in [-0.2, -0.15) is 5.26 Å². The van der Waals surface area contributed by atoms with Crippen molar-refractivity contribution < 1.29 is 4.79 Å². The van der Waals surface area contributed by atoms with Crippen LogP contribution in [-0.2, 0) is 4.79 Å². The average molecular weight is 361 g/mol. The van der Waals surface area contributed by atoms with Gasteiger partial charge in [0.15, 0.2) is 5.78 Å². The topological polar surface area (TPSA) is 57.0 Å². The minimum atomic E-state index is -0.000675. The Bertz CT molecular complexity index is 963. The highest BCUT2D eigenvalue weighted by atomic mass is 32.1. The molecule has 0 aliphatic rings. The third-order valence-corrected chi connectivity index (χ3v) is 5.18. The maximum absolute atomic E-state index is 12.2. The van der Waals surface area contributed by atoms with Crippen molar-refractivity contribution in [2.45, 2.75) is 13.3 Å². The first kappa shape index (κ1) is 17.8. The maximum Gasteiger partial charge on any atom is 0.162 e. The number of thiazole rings is 1. The number of rotatable bonds is 6. The molecule has 0 fully saturated rings. The van der Waals surface area contributed by atoms with Gasteiger partial charge in [-0.05, 0) is 42.8 Å². The second kappa shape index (κ2) is 7.94. The summed E-state index contributed by atoms with van der Waals surface area (Å²) in [6.07, 6.45) is 2.38. The zero-order valence-corrected chi connectivity index (χ0v) is 15.6. The van der Waals surface area contributed by atoms with Crippen LogP contribution in [0.2, 0.25) is 0 Å². The Morgan fingerprint density at radius 3 is 2.62 bits per heavy atom. The van der Waals surface area contributed by atoms with Crippen LogP contribution in [0.5, 0.6) is 0 Å². The lowest BCUT2D eigenvalue weighted by atomic mass is 10.1. The summed E-state index contributed by atoms with van der Waals surface area (Å²) < 4.78 is 1.07. The van der Waals surface area contributed by atoms with Crippen molar-refractivity contribution in [2.75, 3.05) is 18.5 Å². The largest absolute Gasteiger partial charge is 0.374 e. The zero-order valence-electron chi connectivity index (χ0n) is 14.8. The number of benzene rings is 2. The first-order chi connectivity index (χ1) is 12.6. The number of hydrogen-bond acceptors (Lipinski definition) is 5. The van der Waals surface area contributed by atoms with Crippen LogP contribution in [0.1, 0.15) is 23.9 Å². The van der Waals surface area contributed by atoms with E-state index in [0.29, 0.717) is 18.5 Å². The molecule has 0 aliphatic heterocycles. The summed E-state index contributed by atoms with van der Waals surface area (Å²) in [7, 11) is 1.96. The highest BCUT2D eigenvalue weighted by Gasteiger charge is 2.13. The molecule has 0 unspecified atom stereocenters. The van der Waals surface area contributed by atoms with Crippen LogP contribution < -0.4 is 4.90 Å². The van der Waals surface area contributed by atoms with Crippen molar-refractivity contribution in [1.82, 2.24) is 4.98 Å². The third kappa shape index (κ3) is 3.98. The summed E-state index contributed by atoms with van der Waals surface area (Å²) >= 11 is 1.53. The van der Waals surface area contributed by atoms with Gasteiger partial charge in [-0.15, -0.1) is 11.3 Å². The van der Waals surface area contributed by atoms with Gasteiger partial charge in [-0.3, -0.25) is 4.79 Å². The smallest absolute Gasteiger partial charge is 0.162 e. The van der Waals surface area contributed by atoms with Gasteiger partial charge in [0.1, 0.15) is 5.01 Å². The molecule has 0 aliphatic carbocycles. The van der Waals surface area contributed by atoms with E-state index in [1.54, 1.807) is 6.92 Å². The molecule has 0 radical (unpaired) electrons. The number of fused-ring (bicyclic) bond motifs is 1. The van der Waals surface area contributed by atoms with Crippen molar-refractivity contribution in [2.24, 2.45) is 0 Å². The Hall–Kier alpha value is -2.97. The van der Waals surface area contributed by atoms with E-state index in [4.69, 9.17) is 5.26 Å². The van der Waals surface area contributed by atoms with E-state index >= 15 is 0 Å². The minimum Gasteiger partial charge on any atom is -0.374 e. The van der Waals surface area contributed by atoms with E-state index in [1.165, 1.54) is 11.3 Å². The molecule has 0 saturated heterocycles. The number of nitriles is 1. The predicted molar refractivity (Wildman–Crippen MR) is 108 cm³/mol. The van der Waals surface area contributed by atoms with Crippen molar-refractivity contribution in [1.29, 1.82) is 5.26 Å². The number of hydrogen-bond donors (Lipinski definition) is 0. The van der Waals surface area contributed by atoms with Gasteiger partial charge in [0.2, 0.25) is 0 Å². The van der Waals surface area contributed by atoms with Crippen LogP contribution in [0.4, 0.5) is 5.69 Å². The summed E-state index contributed by atoms with van der Waals surface area (Å²) in [5, 5.41) is 9.44. The number of ketones is 1. The first-order valence-corrected chi connectivity index (χ1v) is 9.17. The van der Waals surface area contributed by atoms with Crippen LogP contribution in [0.3, 0.4) is 0 Å². The Balaban J connectivity index is 1.89. The lowest BCUT2D eigenvalue weighted by molar-refractivity contribution is -0.111. The van der Waals surface area contributed by atoms with E-state index < -0.39 is 0 Å². The number of para-hydroxylation sites is 1. The fraction of sp³-hybridized carbons (Fsp3) is 0.190. The standard InChI is InChI=1S/C21H19N3OS/c1-15(25)18(21-23-19-6-3-4-7-20(19)26-21)14-16-8-10-17(11-9-16)24(2)13-5-12-22/h3-4,6-11,14H,5,13H2,1-2H3. The molecule has 0 spiro atoms. The van der Waals surface area contributed by atoms with Gasteiger partial charge in [0.05, 0.1) is 28.3 Å². The number of aromatic nitrogens is 1. The second-order valence-corrected chi connectivity index (χ2v) is 7.05. The summed E-state index contributed by atoms with van der Waals surface area (Å²) in [5.41, 5.74) is 3.53. The van der Waals surface area contributed by atoms with E-state index in [-0.39, 0.29) is 5.78 Å². The molecule has 0 N–H and O–H groups in total. The molecule has 0 amide bonds. The van der Waals surface area contributed by atoms with E-state index in [1.807, 2.05) is 66.6 Å². The Kier molecular flexibility index (Phi) is 5.45. The highest BCUT2D eigenvalue weighted by Crippen LogP contribution is 2.29. The molecule has 26 heavy (non-hydrogen) atoms. The summed E-state index contributed by atoms with van der Waals surface area (Å²) in [6, 6.07) is 18.0. The number of carbonyl (C=O) groups is 1. The van der Waals surface area contributed by atoms with Gasteiger partial charge in [0, 0.05) is 19.3 Å². The molecule has 1 heterocycles. The molecule has 2 aromatic carbocycles. The number of anilines is 1. The third-order valence-electron chi connectivity index (χ3n) is 4.11. The first-order valence-electron chi connectivity index (χ1n) is 8.35. The number of allylic oxidation sites excluding steroid dienone is 1. The normalized spacial score (nSPS) is 11.3. The predicted octanol–water partition coefficient (Wildman–Crippen LogP) is 4.78. The highest BCUT2D eigenvalue weighted by molar-refractivity contribution is 7.19. The summed E-state index contributed by atoms with van der Waals surface area (Å²) in [4.78, 5) is 18.8. The molecule has 3 rings (SSSR count). The van der Waals surface area contributed by atoms with Gasteiger partial charge in [-0.1, -0.05) is 24.3 Å². The van der Waals surface area contributed by atoms with E-state index in [9.17, 15) is 4.79 Å². The van der Waals surface area contributed by atoms with Gasteiger partial charge in [0.25, 0.3) is 0 Å². The van der Waals surface area contributed by atoms with Crippen molar-refractivity contribution in [3.63, 3.8) is 0 Å². The second-order valence-electron chi connectivity index (χ2n) is 6.02. The van der Waals surface area contributed by atoms with Gasteiger partial charge in [-0.25, -0.2) is 4.98 Å². The average Bonchev–Trinajstić information content (AvgIpc) is 3.08. The monoisotopic (exact) mass is 361 g/mol. The van der Waals surface area contributed by atoms with Crippen LogP contribution in [-0.4, -0.2) is 24.4 Å². The number of carbonyl (C=O) groups excluding carboxylic acids is 1. The lowest BCUT2D eigenvalue weighted by Crippen LogP contribution is -2.17. The van der Waals surface area contributed by atoms with Crippen molar-refractivity contribution in [3.05, 3.63) is 59.1 Å². The van der Waals surface area contributed by atoms with E-state index in [2.05, 4.69) is 11.1 Å². The molecule has 1 aromatic heterocycles. The number of Topliss-reactive ketones (excluding diaryl/α,β-unsaturated/α-hetero) is 1.